The van der Waals surface area contributed by atoms with Gasteiger partial charge in [-0.05, 0) is 43.2 Å². The number of amides is 1. The van der Waals surface area contributed by atoms with Crippen LogP contribution in [0.4, 0.5) is 5.69 Å². The molecule has 2 aromatic rings. The molecule has 0 spiro atoms. The molecule has 180 valence electrons. The predicted molar refractivity (Wildman–Crippen MR) is 128 cm³/mol. The standard InChI is InChI=1S/C24H28N4O5S/c1-32-17-7-8-20-18(15-17)22(25-19-5-3-4-6-21(19)33-20)28-13-11-27(12-14-28)16-24(9-10-24)23(29)26-34(2,30)31/h3-8,15H,9-14,16H2,1-2H3,(H,26,29). The topological polar surface area (TPSA) is 101 Å². The monoisotopic (exact) mass is 484 g/mol. The highest BCUT2D eigenvalue weighted by molar-refractivity contribution is 7.89. The minimum Gasteiger partial charge on any atom is -0.497 e. The molecule has 0 unspecified atom stereocenters. The highest BCUT2D eigenvalue weighted by Gasteiger charge is 2.51. The Kier molecular flexibility index (Phi) is 5.73. The van der Waals surface area contributed by atoms with Crippen LogP contribution in [0.25, 0.3) is 0 Å². The number of piperazine rings is 1. The molecule has 2 aliphatic heterocycles. The van der Waals surface area contributed by atoms with Crippen LogP contribution in [-0.4, -0.2) is 76.0 Å². The number of benzene rings is 2. The SMILES string of the molecule is COc1ccc2c(c1)C(N1CCN(CC3(C(=O)NS(C)(=O)=O)CC3)CC1)=Nc1ccccc1O2. The second kappa shape index (κ2) is 8.59. The largest absolute Gasteiger partial charge is 0.497 e. The lowest BCUT2D eigenvalue weighted by molar-refractivity contribution is -0.125. The first-order valence-corrected chi connectivity index (χ1v) is 13.2. The van der Waals surface area contributed by atoms with Crippen LogP contribution in [0.5, 0.6) is 17.2 Å². The van der Waals surface area contributed by atoms with Crippen molar-refractivity contribution < 1.29 is 22.7 Å². The average molecular weight is 485 g/mol. The number of ether oxygens (including phenoxy) is 2. The highest BCUT2D eigenvalue weighted by Crippen LogP contribution is 2.47. The third-order valence-electron chi connectivity index (χ3n) is 6.55. The van der Waals surface area contributed by atoms with E-state index in [0.717, 1.165) is 61.0 Å². The summed E-state index contributed by atoms with van der Waals surface area (Å²) in [6.07, 6.45) is 2.44. The third-order valence-corrected chi connectivity index (χ3v) is 7.11. The van der Waals surface area contributed by atoms with Gasteiger partial charge in [-0.2, -0.15) is 0 Å². The molecule has 3 aliphatic rings. The van der Waals surface area contributed by atoms with Gasteiger partial charge in [0.05, 0.1) is 24.3 Å². The third kappa shape index (κ3) is 4.60. The number of rotatable bonds is 5. The number of fused-ring (bicyclic) bond motifs is 2. The van der Waals surface area contributed by atoms with Crippen molar-refractivity contribution in [3.8, 4) is 17.2 Å². The maximum absolute atomic E-state index is 12.5. The smallest absolute Gasteiger partial charge is 0.240 e. The fraction of sp³-hybridized carbons (Fsp3) is 0.417. The summed E-state index contributed by atoms with van der Waals surface area (Å²) in [6.45, 7) is 3.50. The molecule has 1 N–H and O–H groups in total. The quantitative estimate of drug-likeness (QED) is 0.695. The van der Waals surface area contributed by atoms with Crippen LogP contribution in [0, 0.1) is 5.41 Å². The molecule has 1 aliphatic carbocycles. The van der Waals surface area contributed by atoms with E-state index in [1.54, 1.807) is 7.11 Å². The summed E-state index contributed by atoms with van der Waals surface area (Å²) >= 11 is 0. The zero-order valence-corrected chi connectivity index (χ0v) is 20.1. The van der Waals surface area contributed by atoms with Gasteiger partial charge in [0.2, 0.25) is 15.9 Å². The first-order chi connectivity index (χ1) is 16.3. The lowest BCUT2D eigenvalue weighted by Crippen LogP contribution is -2.52. The van der Waals surface area contributed by atoms with E-state index in [4.69, 9.17) is 14.5 Å². The summed E-state index contributed by atoms with van der Waals surface area (Å²) in [5.41, 5.74) is 1.04. The first kappa shape index (κ1) is 22.7. The predicted octanol–water partition coefficient (Wildman–Crippen LogP) is 2.35. The van der Waals surface area contributed by atoms with Gasteiger partial charge >= 0.3 is 0 Å². The Morgan fingerprint density at radius 1 is 1.12 bits per heavy atom. The van der Waals surface area contributed by atoms with E-state index in [1.807, 2.05) is 42.5 Å². The number of sulfonamides is 1. The summed E-state index contributed by atoms with van der Waals surface area (Å²) in [7, 11) is -1.92. The van der Waals surface area contributed by atoms with Crippen molar-refractivity contribution in [2.24, 2.45) is 10.4 Å². The zero-order chi connectivity index (χ0) is 23.9. The molecule has 9 nitrogen and oxygen atoms in total. The summed E-state index contributed by atoms with van der Waals surface area (Å²) < 4.78 is 36.8. The molecule has 1 saturated heterocycles. The van der Waals surface area contributed by atoms with Gasteiger partial charge in [-0.25, -0.2) is 13.4 Å². The summed E-state index contributed by atoms with van der Waals surface area (Å²) in [4.78, 5) is 21.9. The van der Waals surface area contributed by atoms with Gasteiger partial charge in [-0.15, -0.1) is 0 Å². The molecule has 0 atom stereocenters. The molecule has 0 aromatic heterocycles. The van der Waals surface area contributed by atoms with Crippen molar-refractivity contribution in [1.82, 2.24) is 14.5 Å². The fourth-order valence-electron chi connectivity index (χ4n) is 4.50. The van der Waals surface area contributed by atoms with E-state index < -0.39 is 15.4 Å². The van der Waals surface area contributed by atoms with E-state index >= 15 is 0 Å². The molecule has 2 heterocycles. The molecule has 10 heteroatoms. The Balaban J connectivity index is 1.34. The average Bonchev–Trinajstić information content (AvgIpc) is 3.61. The molecular formula is C24H28N4O5S. The van der Waals surface area contributed by atoms with Crippen molar-refractivity contribution in [2.75, 3.05) is 46.1 Å². The maximum atomic E-state index is 12.5. The molecule has 2 fully saturated rings. The number of methoxy groups -OCH3 is 1. The van der Waals surface area contributed by atoms with Gasteiger partial charge in [-0.3, -0.25) is 14.4 Å². The van der Waals surface area contributed by atoms with Gasteiger partial charge in [0.1, 0.15) is 23.0 Å². The van der Waals surface area contributed by atoms with E-state index in [0.29, 0.717) is 25.1 Å². The normalized spacial score (nSPS) is 19.1. The number of carbonyl (C=O) groups excluding carboxylic acids is 1. The van der Waals surface area contributed by atoms with Crippen LogP contribution < -0.4 is 14.2 Å². The Hall–Kier alpha value is -3.11. The zero-order valence-electron chi connectivity index (χ0n) is 19.3. The van der Waals surface area contributed by atoms with E-state index in [1.165, 1.54) is 0 Å². The molecular weight excluding hydrogens is 456 g/mol. The van der Waals surface area contributed by atoms with Crippen molar-refractivity contribution in [2.45, 2.75) is 12.8 Å². The van der Waals surface area contributed by atoms with Crippen molar-refractivity contribution in [3.05, 3.63) is 48.0 Å². The second-order valence-electron chi connectivity index (χ2n) is 9.11. The number of para-hydroxylation sites is 2. The van der Waals surface area contributed by atoms with Crippen LogP contribution in [0.15, 0.2) is 47.5 Å². The molecule has 2 aromatic carbocycles. The molecule has 5 rings (SSSR count). The van der Waals surface area contributed by atoms with Gasteiger partial charge in [0.15, 0.2) is 5.75 Å². The molecule has 34 heavy (non-hydrogen) atoms. The number of nitrogens with zero attached hydrogens (tertiary/aromatic N) is 3. The highest BCUT2D eigenvalue weighted by atomic mass is 32.2. The van der Waals surface area contributed by atoms with Crippen molar-refractivity contribution >= 4 is 27.5 Å². The Morgan fingerprint density at radius 3 is 2.53 bits per heavy atom. The summed E-state index contributed by atoms with van der Waals surface area (Å²) in [6, 6.07) is 13.4. The molecule has 1 amide bonds. The lowest BCUT2D eigenvalue weighted by atomic mass is 10.1. The summed E-state index contributed by atoms with van der Waals surface area (Å²) in [5, 5.41) is 0. The van der Waals surface area contributed by atoms with Crippen molar-refractivity contribution in [1.29, 1.82) is 0 Å². The summed E-state index contributed by atoms with van der Waals surface area (Å²) in [5.74, 6) is 2.60. The van der Waals surface area contributed by atoms with Crippen LogP contribution >= 0.6 is 0 Å². The fourth-order valence-corrected chi connectivity index (χ4v) is 5.05. The van der Waals surface area contributed by atoms with Crippen LogP contribution in [-0.2, 0) is 14.8 Å². The van der Waals surface area contributed by atoms with Crippen LogP contribution in [0.2, 0.25) is 0 Å². The lowest BCUT2D eigenvalue weighted by Gasteiger charge is -2.38. The molecule has 1 saturated carbocycles. The number of carbonyl (C=O) groups is 1. The maximum Gasteiger partial charge on any atom is 0.240 e. The van der Waals surface area contributed by atoms with Crippen LogP contribution in [0.1, 0.15) is 18.4 Å². The first-order valence-electron chi connectivity index (χ1n) is 11.3. The number of aliphatic imine (C=N–C) groups is 1. The second-order valence-corrected chi connectivity index (χ2v) is 10.9. The number of hydrogen-bond acceptors (Lipinski definition) is 8. The minimum absolute atomic E-state index is 0.389. The van der Waals surface area contributed by atoms with E-state index in [-0.39, 0.29) is 5.91 Å². The Bertz CT molecular complexity index is 1250. The minimum atomic E-state index is -3.56. The number of nitrogens with one attached hydrogen (secondary N) is 1. The van der Waals surface area contributed by atoms with E-state index in [2.05, 4.69) is 14.5 Å². The van der Waals surface area contributed by atoms with Crippen LogP contribution in [0.3, 0.4) is 0 Å². The van der Waals surface area contributed by atoms with Crippen molar-refractivity contribution in [3.63, 3.8) is 0 Å². The van der Waals surface area contributed by atoms with Gasteiger partial charge in [0.25, 0.3) is 0 Å². The number of hydrogen-bond donors (Lipinski definition) is 1. The van der Waals surface area contributed by atoms with Gasteiger partial charge < -0.3 is 14.4 Å². The number of amidine groups is 1. The molecule has 0 radical (unpaired) electrons. The van der Waals surface area contributed by atoms with Gasteiger partial charge in [-0.1, -0.05) is 12.1 Å². The van der Waals surface area contributed by atoms with Gasteiger partial charge in [0, 0.05) is 32.7 Å². The van der Waals surface area contributed by atoms with E-state index in [9.17, 15) is 13.2 Å². The Labute approximate surface area is 199 Å². The Morgan fingerprint density at radius 2 is 1.85 bits per heavy atom. The molecule has 0 bridgehead atoms.